The van der Waals surface area contributed by atoms with Crippen molar-refractivity contribution in [3.05, 3.63) is 85.5 Å². The molecular weight excluding hydrogens is 464 g/mol. The van der Waals surface area contributed by atoms with Crippen molar-refractivity contribution in [1.29, 1.82) is 0 Å². The zero-order valence-electron chi connectivity index (χ0n) is 16.4. The van der Waals surface area contributed by atoms with Gasteiger partial charge in [0.15, 0.2) is 0 Å². The van der Waals surface area contributed by atoms with Gasteiger partial charge in [-0.2, -0.15) is 9.78 Å². The van der Waals surface area contributed by atoms with Gasteiger partial charge < -0.3 is 10.1 Å². The van der Waals surface area contributed by atoms with E-state index in [2.05, 4.69) is 10.4 Å². The fourth-order valence-electron chi connectivity index (χ4n) is 3.79. The molecule has 9 heteroatoms. The van der Waals surface area contributed by atoms with Gasteiger partial charge in [0.05, 0.1) is 27.6 Å². The van der Waals surface area contributed by atoms with Gasteiger partial charge in [-0.3, -0.25) is 4.79 Å². The van der Waals surface area contributed by atoms with E-state index in [1.54, 1.807) is 30.3 Å². The Morgan fingerprint density at radius 2 is 1.87 bits per heavy atom. The lowest BCUT2D eigenvalue weighted by Crippen LogP contribution is -2.40. The van der Waals surface area contributed by atoms with Gasteiger partial charge in [-0.05, 0) is 48.7 Å². The summed E-state index contributed by atoms with van der Waals surface area (Å²) >= 11 is 18.3. The summed E-state index contributed by atoms with van der Waals surface area (Å²) in [5.41, 5.74) is 1.29. The maximum Gasteiger partial charge on any atom is 0.291 e. The van der Waals surface area contributed by atoms with Crippen LogP contribution in [0.1, 0.15) is 18.4 Å². The van der Waals surface area contributed by atoms with Crippen LogP contribution in [0.25, 0.3) is 5.69 Å². The van der Waals surface area contributed by atoms with Crippen molar-refractivity contribution in [2.45, 2.75) is 18.3 Å². The molecule has 0 aliphatic carbocycles. The third-order valence-electron chi connectivity index (χ3n) is 5.58. The van der Waals surface area contributed by atoms with Crippen molar-refractivity contribution in [2.24, 2.45) is 0 Å². The minimum absolute atomic E-state index is 0.0893. The highest BCUT2D eigenvalue weighted by Crippen LogP contribution is 2.36. The molecule has 4 rings (SSSR count). The molecule has 0 unspecified atom stereocenters. The number of anilines is 1. The minimum atomic E-state index is -0.529. The van der Waals surface area contributed by atoms with Gasteiger partial charge in [0.2, 0.25) is 0 Å². The summed E-state index contributed by atoms with van der Waals surface area (Å²) in [4.78, 5) is 12.3. The summed E-state index contributed by atoms with van der Waals surface area (Å²) in [6, 6.07) is 11.8. The number of aromatic nitrogens is 2. The monoisotopic (exact) mass is 481 g/mol. The molecule has 0 atom stereocenters. The second kappa shape index (κ2) is 9.17. The summed E-state index contributed by atoms with van der Waals surface area (Å²) in [5, 5.41) is 7.81. The van der Waals surface area contributed by atoms with Crippen LogP contribution in [-0.2, 0) is 10.2 Å². The van der Waals surface area contributed by atoms with E-state index >= 15 is 0 Å². The van der Waals surface area contributed by atoms with Crippen LogP contribution in [0.4, 0.5) is 10.1 Å². The second-order valence-corrected chi connectivity index (χ2v) is 8.64. The smallest absolute Gasteiger partial charge is 0.291 e. The van der Waals surface area contributed by atoms with Crippen LogP contribution in [0.3, 0.4) is 0 Å². The standard InChI is InChI=1S/C22H19Cl3FN3O2/c23-17-11-16(29-21(30)20(25)18(24)12-28-29)4-5-19(17)27-13-22(6-8-31-9-7-22)14-2-1-3-15(26)10-14/h1-5,10-12,27H,6-9,13H2. The number of ether oxygens (including phenoxy) is 1. The lowest BCUT2D eigenvalue weighted by Gasteiger charge is -2.38. The largest absolute Gasteiger partial charge is 0.383 e. The van der Waals surface area contributed by atoms with Crippen LogP contribution in [-0.4, -0.2) is 29.5 Å². The first-order valence-corrected chi connectivity index (χ1v) is 10.8. The topological polar surface area (TPSA) is 56.2 Å². The van der Waals surface area contributed by atoms with E-state index in [-0.39, 0.29) is 21.3 Å². The predicted molar refractivity (Wildman–Crippen MR) is 121 cm³/mol. The zero-order chi connectivity index (χ0) is 22.0. The number of nitrogens with zero attached hydrogens (tertiary/aromatic N) is 2. The maximum absolute atomic E-state index is 13.9. The van der Waals surface area contributed by atoms with Crippen molar-refractivity contribution in [2.75, 3.05) is 25.1 Å². The van der Waals surface area contributed by atoms with Crippen molar-refractivity contribution in [3.8, 4) is 5.69 Å². The summed E-state index contributed by atoms with van der Waals surface area (Å²) in [6.45, 7) is 1.78. The van der Waals surface area contributed by atoms with E-state index in [0.717, 1.165) is 23.1 Å². The van der Waals surface area contributed by atoms with Crippen LogP contribution in [0, 0.1) is 5.82 Å². The molecule has 1 aliphatic heterocycles. The summed E-state index contributed by atoms with van der Waals surface area (Å²) in [7, 11) is 0. The van der Waals surface area contributed by atoms with Crippen molar-refractivity contribution < 1.29 is 9.13 Å². The number of benzene rings is 2. The van der Waals surface area contributed by atoms with Crippen LogP contribution < -0.4 is 10.9 Å². The third-order valence-corrected chi connectivity index (χ3v) is 6.64. The minimum Gasteiger partial charge on any atom is -0.383 e. The molecule has 0 amide bonds. The molecular formula is C22H19Cl3FN3O2. The second-order valence-electron chi connectivity index (χ2n) is 7.44. The third kappa shape index (κ3) is 4.58. The van der Waals surface area contributed by atoms with Crippen LogP contribution in [0.5, 0.6) is 0 Å². The first-order chi connectivity index (χ1) is 14.9. The van der Waals surface area contributed by atoms with E-state index in [4.69, 9.17) is 39.5 Å². The van der Waals surface area contributed by atoms with Crippen molar-refractivity contribution in [1.82, 2.24) is 9.78 Å². The molecule has 1 saturated heterocycles. The molecule has 1 aliphatic rings. The molecule has 0 radical (unpaired) electrons. The van der Waals surface area contributed by atoms with Gasteiger partial charge in [0.1, 0.15) is 10.8 Å². The number of rotatable bonds is 5. The van der Waals surface area contributed by atoms with E-state index in [9.17, 15) is 9.18 Å². The van der Waals surface area contributed by atoms with E-state index in [1.165, 1.54) is 12.3 Å². The average molecular weight is 483 g/mol. The van der Waals surface area contributed by atoms with Crippen LogP contribution in [0.2, 0.25) is 15.1 Å². The van der Waals surface area contributed by atoms with Gasteiger partial charge in [0, 0.05) is 25.2 Å². The number of hydrogen-bond donors (Lipinski definition) is 1. The number of hydrogen-bond acceptors (Lipinski definition) is 4. The Hall–Kier alpha value is -2.12. The Balaban J connectivity index is 1.59. The molecule has 3 aromatic rings. The van der Waals surface area contributed by atoms with Crippen LogP contribution >= 0.6 is 34.8 Å². The van der Waals surface area contributed by atoms with Gasteiger partial charge in [-0.15, -0.1) is 0 Å². The molecule has 0 spiro atoms. The Bertz CT molecular complexity index is 1160. The summed E-state index contributed by atoms with van der Waals surface area (Å²) < 4.78 is 20.6. The van der Waals surface area contributed by atoms with Gasteiger partial charge in [0.25, 0.3) is 5.56 Å². The molecule has 0 saturated carbocycles. The first kappa shape index (κ1) is 22.1. The van der Waals surface area contributed by atoms with Crippen LogP contribution in [0.15, 0.2) is 53.5 Å². The van der Waals surface area contributed by atoms with E-state index < -0.39 is 5.56 Å². The lowest BCUT2D eigenvalue weighted by molar-refractivity contribution is 0.0543. The predicted octanol–water partition coefficient (Wildman–Crippen LogP) is 5.49. The molecule has 2 heterocycles. The average Bonchev–Trinajstić information content (AvgIpc) is 2.77. The van der Waals surface area contributed by atoms with Crippen molar-refractivity contribution in [3.63, 3.8) is 0 Å². The molecule has 31 heavy (non-hydrogen) atoms. The van der Waals surface area contributed by atoms with Gasteiger partial charge in [-0.1, -0.05) is 46.9 Å². The summed E-state index contributed by atoms with van der Waals surface area (Å²) in [6.07, 6.45) is 2.84. The Kier molecular flexibility index (Phi) is 6.53. The SMILES string of the molecule is O=c1c(Cl)c(Cl)cnn1-c1ccc(NCC2(c3cccc(F)c3)CCOCC2)c(Cl)c1. The zero-order valence-corrected chi connectivity index (χ0v) is 18.6. The fourth-order valence-corrected chi connectivity index (χ4v) is 4.28. The summed E-state index contributed by atoms with van der Waals surface area (Å²) in [5.74, 6) is -0.259. The normalized spacial score (nSPS) is 15.6. The van der Waals surface area contributed by atoms with E-state index in [1.807, 2.05) is 6.07 Å². The molecule has 0 bridgehead atoms. The molecule has 162 valence electrons. The van der Waals surface area contributed by atoms with Gasteiger partial charge in [-0.25, -0.2) is 4.39 Å². The fraction of sp³-hybridized carbons (Fsp3) is 0.273. The highest BCUT2D eigenvalue weighted by molar-refractivity contribution is 6.41. The maximum atomic E-state index is 13.9. The number of halogens is 4. The molecule has 2 aromatic carbocycles. The number of nitrogens with one attached hydrogen (secondary N) is 1. The lowest BCUT2D eigenvalue weighted by atomic mass is 9.74. The Labute approximate surface area is 193 Å². The van der Waals surface area contributed by atoms with Crippen molar-refractivity contribution >= 4 is 40.5 Å². The highest BCUT2D eigenvalue weighted by Gasteiger charge is 2.34. The molecule has 1 N–H and O–H groups in total. The Morgan fingerprint density at radius 3 is 2.58 bits per heavy atom. The first-order valence-electron chi connectivity index (χ1n) is 9.71. The highest BCUT2D eigenvalue weighted by atomic mass is 35.5. The Morgan fingerprint density at radius 1 is 1.10 bits per heavy atom. The molecule has 1 fully saturated rings. The van der Waals surface area contributed by atoms with E-state index in [0.29, 0.717) is 36.2 Å². The quantitative estimate of drug-likeness (QED) is 0.522. The van der Waals surface area contributed by atoms with Gasteiger partial charge >= 0.3 is 0 Å². The molecule has 5 nitrogen and oxygen atoms in total. The molecule has 1 aromatic heterocycles.